The standard InChI is InChI=1S/C31H34BBr3O3/c1-30(2)13-20-9-11-28(25(18-34)23(20)15-30)37-32(36-27-8-6-5-7-22(27)17-33)38-29-12-10-21-14-31(3,4)16-24(21)26(29)19-35/h5-12H,13-19H2,1-4H3. The van der Waals surface area contributed by atoms with E-state index in [1.807, 2.05) is 24.3 Å². The minimum Gasteiger partial charge on any atom is -0.489 e. The highest BCUT2D eigenvalue weighted by Gasteiger charge is 2.37. The summed E-state index contributed by atoms with van der Waals surface area (Å²) in [5.74, 6) is 2.32. The van der Waals surface area contributed by atoms with Crippen molar-refractivity contribution in [3.8, 4) is 17.2 Å². The summed E-state index contributed by atoms with van der Waals surface area (Å²) < 4.78 is 19.6. The summed E-state index contributed by atoms with van der Waals surface area (Å²) in [5, 5.41) is 2.11. The zero-order chi connectivity index (χ0) is 27.1. The summed E-state index contributed by atoms with van der Waals surface area (Å²) in [5.41, 5.74) is 9.47. The third-order valence-electron chi connectivity index (χ3n) is 7.67. The molecule has 0 aromatic heterocycles. The van der Waals surface area contributed by atoms with Crippen LogP contribution in [0, 0.1) is 10.8 Å². The number of benzene rings is 3. The van der Waals surface area contributed by atoms with Crippen molar-refractivity contribution in [2.24, 2.45) is 10.8 Å². The molecular formula is C31H34BBr3O3. The number of hydrogen-bond donors (Lipinski definition) is 0. The highest BCUT2D eigenvalue weighted by molar-refractivity contribution is 9.09. The number of alkyl halides is 3. The number of para-hydroxylation sites is 1. The van der Waals surface area contributed by atoms with Crippen LogP contribution in [0.25, 0.3) is 0 Å². The first-order valence-electron chi connectivity index (χ1n) is 13.2. The molecule has 0 heterocycles. The predicted molar refractivity (Wildman–Crippen MR) is 167 cm³/mol. The predicted octanol–water partition coefficient (Wildman–Crippen LogP) is 9.14. The molecule has 2 aliphatic rings. The van der Waals surface area contributed by atoms with Crippen LogP contribution in [-0.4, -0.2) is 7.32 Å². The second kappa shape index (κ2) is 11.2. The lowest BCUT2D eigenvalue weighted by Crippen LogP contribution is -2.38. The second-order valence-electron chi connectivity index (χ2n) is 12.0. The quantitative estimate of drug-likeness (QED) is 0.164. The van der Waals surface area contributed by atoms with Crippen molar-refractivity contribution in [3.05, 3.63) is 87.5 Å². The van der Waals surface area contributed by atoms with E-state index in [2.05, 4.69) is 99.8 Å². The molecule has 7 heteroatoms. The lowest BCUT2D eigenvalue weighted by atomic mass is 9.90. The Hall–Kier alpha value is -1.44. The molecule has 0 saturated carbocycles. The monoisotopic (exact) mass is 702 g/mol. The zero-order valence-corrected chi connectivity index (χ0v) is 27.3. The SMILES string of the molecule is CC1(C)Cc2ccc(OB(Oc3ccccc3CBr)Oc3ccc4c(c3CBr)CC(C)(C)C4)c(CBr)c2C1. The fourth-order valence-electron chi connectivity index (χ4n) is 5.95. The summed E-state index contributed by atoms with van der Waals surface area (Å²) in [7, 11) is -0.953. The van der Waals surface area contributed by atoms with Gasteiger partial charge in [0.05, 0.1) is 0 Å². The zero-order valence-electron chi connectivity index (χ0n) is 22.5. The Balaban J connectivity index is 1.51. The molecule has 0 spiro atoms. The van der Waals surface area contributed by atoms with E-state index in [0.29, 0.717) is 16.0 Å². The van der Waals surface area contributed by atoms with Gasteiger partial charge in [0.2, 0.25) is 0 Å². The Bertz CT molecular complexity index is 1260. The number of halogens is 3. The van der Waals surface area contributed by atoms with Crippen LogP contribution in [0.15, 0.2) is 48.5 Å². The minimum absolute atomic E-state index is 0.252. The smallest absolute Gasteiger partial charge is 0.489 e. The second-order valence-corrected chi connectivity index (χ2v) is 13.7. The van der Waals surface area contributed by atoms with Crippen LogP contribution in [0.5, 0.6) is 17.2 Å². The van der Waals surface area contributed by atoms with E-state index < -0.39 is 7.32 Å². The Kier molecular flexibility index (Phi) is 8.29. The van der Waals surface area contributed by atoms with Gasteiger partial charge in [0.1, 0.15) is 17.2 Å². The van der Waals surface area contributed by atoms with Gasteiger partial charge in [-0.1, -0.05) is 106 Å². The molecule has 3 aromatic carbocycles. The van der Waals surface area contributed by atoms with E-state index in [1.165, 1.54) is 33.4 Å². The van der Waals surface area contributed by atoms with Crippen molar-refractivity contribution < 1.29 is 14.0 Å². The maximum Gasteiger partial charge on any atom is 0.864 e. The van der Waals surface area contributed by atoms with Gasteiger partial charge in [0.15, 0.2) is 0 Å². The molecule has 3 nitrogen and oxygen atoms in total. The maximum absolute atomic E-state index is 6.59. The van der Waals surface area contributed by atoms with Gasteiger partial charge in [0.25, 0.3) is 0 Å². The van der Waals surface area contributed by atoms with Crippen LogP contribution in [-0.2, 0) is 41.7 Å². The van der Waals surface area contributed by atoms with E-state index >= 15 is 0 Å². The Morgan fingerprint density at radius 1 is 0.605 bits per heavy atom. The van der Waals surface area contributed by atoms with E-state index in [1.54, 1.807) is 0 Å². The van der Waals surface area contributed by atoms with E-state index in [9.17, 15) is 0 Å². The molecule has 2 aliphatic carbocycles. The summed E-state index contributed by atoms with van der Waals surface area (Å²) >= 11 is 11.1. The average Bonchev–Trinajstić information content (AvgIpc) is 3.37. The molecule has 38 heavy (non-hydrogen) atoms. The van der Waals surface area contributed by atoms with Gasteiger partial charge in [-0.3, -0.25) is 0 Å². The number of fused-ring (bicyclic) bond motifs is 2. The molecule has 0 N–H and O–H groups in total. The normalized spacial score (nSPS) is 16.6. The maximum atomic E-state index is 6.59. The van der Waals surface area contributed by atoms with Crippen molar-refractivity contribution in [3.63, 3.8) is 0 Å². The molecule has 0 atom stereocenters. The van der Waals surface area contributed by atoms with Crippen LogP contribution in [0.1, 0.15) is 66.6 Å². The molecule has 0 fully saturated rings. The van der Waals surface area contributed by atoms with Crippen molar-refractivity contribution in [2.75, 3.05) is 0 Å². The van der Waals surface area contributed by atoms with Crippen molar-refractivity contribution in [2.45, 2.75) is 69.4 Å². The number of rotatable bonds is 9. The highest BCUT2D eigenvalue weighted by atomic mass is 79.9. The lowest BCUT2D eigenvalue weighted by Gasteiger charge is -2.22. The van der Waals surface area contributed by atoms with Gasteiger partial charge in [-0.15, -0.1) is 0 Å². The van der Waals surface area contributed by atoms with Crippen molar-refractivity contribution in [1.82, 2.24) is 0 Å². The summed E-state index contributed by atoms with van der Waals surface area (Å²) in [6, 6.07) is 16.5. The third-order valence-corrected chi connectivity index (χ3v) is 9.40. The van der Waals surface area contributed by atoms with Gasteiger partial charge in [-0.2, -0.15) is 0 Å². The van der Waals surface area contributed by atoms with E-state index in [-0.39, 0.29) is 10.8 Å². The Morgan fingerprint density at radius 2 is 1.08 bits per heavy atom. The lowest BCUT2D eigenvalue weighted by molar-refractivity contribution is 0.304. The Morgan fingerprint density at radius 3 is 1.55 bits per heavy atom. The third kappa shape index (κ3) is 5.85. The molecule has 0 unspecified atom stereocenters. The van der Waals surface area contributed by atoms with Crippen LogP contribution in [0.3, 0.4) is 0 Å². The average molecular weight is 705 g/mol. The Labute approximate surface area is 252 Å². The number of hydrogen-bond acceptors (Lipinski definition) is 3. The molecule has 3 aromatic rings. The first kappa shape index (κ1) is 28.1. The molecule has 0 aliphatic heterocycles. The van der Waals surface area contributed by atoms with Crippen molar-refractivity contribution in [1.29, 1.82) is 0 Å². The molecule has 0 saturated heterocycles. The van der Waals surface area contributed by atoms with E-state index in [4.69, 9.17) is 14.0 Å². The van der Waals surface area contributed by atoms with Gasteiger partial charge in [0, 0.05) is 32.7 Å². The first-order chi connectivity index (χ1) is 18.1. The van der Waals surface area contributed by atoms with Gasteiger partial charge in [-0.25, -0.2) is 0 Å². The van der Waals surface area contributed by atoms with Crippen molar-refractivity contribution >= 4 is 55.1 Å². The largest absolute Gasteiger partial charge is 0.864 e. The minimum atomic E-state index is -0.953. The van der Waals surface area contributed by atoms with Gasteiger partial charge < -0.3 is 14.0 Å². The van der Waals surface area contributed by atoms with E-state index in [0.717, 1.165) is 48.5 Å². The molecule has 200 valence electrons. The van der Waals surface area contributed by atoms with Gasteiger partial charge >= 0.3 is 7.32 Å². The molecule has 0 amide bonds. The summed E-state index contributed by atoms with van der Waals surface area (Å²) in [6.07, 6.45) is 4.23. The van der Waals surface area contributed by atoms with Gasteiger partial charge in [-0.05, 0) is 77.0 Å². The highest BCUT2D eigenvalue weighted by Crippen LogP contribution is 2.43. The van der Waals surface area contributed by atoms with Crippen LogP contribution in [0.4, 0.5) is 0 Å². The fraction of sp³-hybridized carbons (Fsp3) is 0.419. The fourth-order valence-corrected chi connectivity index (χ4v) is 7.64. The topological polar surface area (TPSA) is 27.7 Å². The summed E-state index contributed by atoms with van der Waals surface area (Å²) in [6.45, 7) is 9.31. The molecular weight excluding hydrogens is 671 g/mol. The van der Waals surface area contributed by atoms with Crippen LogP contribution in [0.2, 0.25) is 0 Å². The molecule has 5 rings (SSSR count). The van der Waals surface area contributed by atoms with Crippen LogP contribution >= 0.6 is 47.8 Å². The first-order valence-corrected chi connectivity index (χ1v) is 16.5. The molecule has 0 bridgehead atoms. The summed E-state index contributed by atoms with van der Waals surface area (Å²) in [4.78, 5) is 0. The van der Waals surface area contributed by atoms with Crippen LogP contribution < -0.4 is 14.0 Å². The molecule has 0 radical (unpaired) electrons.